The van der Waals surface area contributed by atoms with Crippen LogP contribution in [0.3, 0.4) is 0 Å². The highest BCUT2D eigenvalue weighted by Crippen LogP contribution is 2.17. The van der Waals surface area contributed by atoms with Gasteiger partial charge in [-0.25, -0.2) is 4.68 Å². The second-order valence-corrected chi connectivity index (χ2v) is 3.67. The summed E-state index contributed by atoms with van der Waals surface area (Å²) >= 11 is 1.69. The van der Waals surface area contributed by atoms with Gasteiger partial charge in [0.1, 0.15) is 0 Å². The number of nitrogen functional groups attached to an aromatic ring is 1. The molecule has 5 heteroatoms. The van der Waals surface area contributed by atoms with Crippen LogP contribution < -0.4 is 5.73 Å². The maximum absolute atomic E-state index is 5.49. The van der Waals surface area contributed by atoms with E-state index in [4.69, 9.17) is 5.73 Å². The first-order valence-corrected chi connectivity index (χ1v) is 5.34. The Kier molecular flexibility index (Phi) is 2.41. The normalized spacial score (nSPS) is 10.4. The highest BCUT2D eigenvalue weighted by molar-refractivity contribution is 7.98. The summed E-state index contributed by atoms with van der Waals surface area (Å²) in [6.45, 7) is 0. The number of nitrogens with two attached hydrogens (primary N) is 1. The largest absolute Gasteiger partial charge is 0.381 e. The summed E-state index contributed by atoms with van der Waals surface area (Å²) in [6, 6.07) is 8.04. The lowest BCUT2D eigenvalue weighted by Crippen LogP contribution is -1.94. The highest BCUT2D eigenvalue weighted by atomic mass is 32.2. The van der Waals surface area contributed by atoms with Gasteiger partial charge in [-0.1, -0.05) is 11.3 Å². The molecule has 1 heterocycles. The minimum atomic E-state index is 0.430. The van der Waals surface area contributed by atoms with Crippen molar-refractivity contribution >= 4 is 17.6 Å². The van der Waals surface area contributed by atoms with Gasteiger partial charge in [-0.3, -0.25) is 0 Å². The van der Waals surface area contributed by atoms with Gasteiger partial charge in [-0.2, -0.15) is 0 Å². The van der Waals surface area contributed by atoms with Crippen molar-refractivity contribution in [2.24, 2.45) is 0 Å². The fourth-order valence-corrected chi connectivity index (χ4v) is 1.61. The zero-order valence-electron chi connectivity index (χ0n) is 7.71. The summed E-state index contributed by atoms with van der Waals surface area (Å²) < 4.78 is 1.66. The fourth-order valence-electron chi connectivity index (χ4n) is 1.16. The monoisotopic (exact) mass is 206 g/mol. The number of rotatable bonds is 2. The molecule has 14 heavy (non-hydrogen) atoms. The smallest absolute Gasteiger partial charge is 0.166 e. The third-order valence-electron chi connectivity index (χ3n) is 1.83. The van der Waals surface area contributed by atoms with Gasteiger partial charge in [-0.15, -0.1) is 16.9 Å². The molecule has 0 unspecified atom stereocenters. The molecule has 0 fully saturated rings. The second kappa shape index (κ2) is 3.71. The van der Waals surface area contributed by atoms with Gasteiger partial charge < -0.3 is 5.73 Å². The van der Waals surface area contributed by atoms with E-state index in [-0.39, 0.29) is 0 Å². The van der Waals surface area contributed by atoms with Crippen LogP contribution in [0.25, 0.3) is 5.69 Å². The molecule has 4 nitrogen and oxygen atoms in total. The maximum atomic E-state index is 5.49. The van der Waals surface area contributed by atoms with Gasteiger partial charge in [0.15, 0.2) is 5.82 Å². The van der Waals surface area contributed by atoms with E-state index in [9.17, 15) is 0 Å². The van der Waals surface area contributed by atoms with E-state index in [1.165, 1.54) is 4.90 Å². The van der Waals surface area contributed by atoms with Crippen molar-refractivity contribution in [3.63, 3.8) is 0 Å². The molecule has 0 radical (unpaired) electrons. The highest BCUT2D eigenvalue weighted by Gasteiger charge is 2.00. The average Bonchev–Trinajstić information content (AvgIpc) is 2.65. The Bertz CT molecular complexity index is 438. The molecular formula is C9H10N4S. The molecule has 0 aliphatic heterocycles. The Morgan fingerprint density at radius 2 is 2.29 bits per heavy atom. The predicted octanol–water partition coefficient (Wildman–Crippen LogP) is 1.57. The SMILES string of the molecule is CSc1cccc(-n2cc(N)nn2)c1. The molecular weight excluding hydrogens is 196 g/mol. The third kappa shape index (κ3) is 1.72. The molecule has 1 aromatic heterocycles. The first kappa shape index (κ1) is 9.08. The lowest BCUT2D eigenvalue weighted by atomic mass is 10.3. The van der Waals surface area contributed by atoms with E-state index >= 15 is 0 Å². The van der Waals surface area contributed by atoms with Crippen molar-refractivity contribution in [3.8, 4) is 5.69 Å². The predicted molar refractivity (Wildman–Crippen MR) is 57.6 cm³/mol. The van der Waals surface area contributed by atoms with Crippen LogP contribution in [-0.4, -0.2) is 21.2 Å². The van der Waals surface area contributed by atoms with Crippen molar-refractivity contribution in [2.45, 2.75) is 4.90 Å². The number of benzene rings is 1. The third-order valence-corrected chi connectivity index (χ3v) is 2.55. The van der Waals surface area contributed by atoms with Crippen molar-refractivity contribution in [1.82, 2.24) is 15.0 Å². The van der Waals surface area contributed by atoms with Crippen molar-refractivity contribution in [1.29, 1.82) is 0 Å². The molecule has 72 valence electrons. The Balaban J connectivity index is 2.41. The van der Waals surface area contributed by atoms with Gasteiger partial charge in [0.2, 0.25) is 0 Å². The molecule has 0 atom stereocenters. The number of hydrogen-bond donors (Lipinski definition) is 1. The van der Waals surface area contributed by atoms with Crippen LogP contribution >= 0.6 is 11.8 Å². The summed E-state index contributed by atoms with van der Waals surface area (Å²) in [4.78, 5) is 1.19. The molecule has 0 aliphatic rings. The van der Waals surface area contributed by atoms with Crippen molar-refractivity contribution in [2.75, 3.05) is 12.0 Å². The standard InChI is InChI=1S/C9H10N4S/c1-14-8-4-2-3-7(5-8)13-6-9(10)11-12-13/h2-6H,10H2,1H3. The van der Waals surface area contributed by atoms with Gasteiger partial charge in [-0.05, 0) is 24.5 Å². The lowest BCUT2D eigenvalue weighted by molar-refractivity contribution is 0.802. The number of hydrogen-bond acceptors (Lipinski definition) is 4. The van der Waals surface area contributed by atoms with E-state index in [2.05, 4.69) is 16.4 Å². The van der Waals surface area contributed by atoms with Crippen LogP contribution in [0.1, 0.15) is 0 Å². The molecule has 0 bridgehead atoms. The average molecular weight is 206 g/mol. The summed E-state index contributed by atoms with van der Waals surface area (Å²) in [7, 11) is 0. The topological polar surface area (TPSA) is 56.7 Å². The lowest BCUT2D eigenvalue weighted by Gasteiger charge is -2.01. The molecule has 2 aromatic rings. The fraction of sp³-hybridized carbons (Fsp3) is 0.111. The van der Waals surface area contributed by atoms with E-state index in [0.29, 0.717) is 5.82 Å². The zero-order valence-corrected chi connectivity index (χ0v) is 8.53. The molecule has 0 saturated carbocycles. The molecule has 0 aliphatic carbocycles. The van der Waals surface area contributed by atoms with E-state index in [1.54, 1.807) is 22.6 Å². The van der Waals surface area contributed by atoms with Crippen molar-refractivity contribution in [3.05, 3.63) is 30.5 Å². The van der Waals surface area contributed by atoms with Crippen LogP contribution in [0.5, 0.6) is 0 Å². The van der Waals surface area contributed by atoms with E-state index in [1.807, 2.05) is 24.5 Å². The Labute approximate surface area is 86.1 Å². The van der Waals surface area contributed by atoms with Gasteiger partial charge in [0.05, 0.1) is 11.9 Å². The van der Waals surface area contributed by atoms with Crippen LogP contribution in [-0.2, 0) is 0 Å². The van der Waals surface area contributed by atoms with Crippen LogP contribution in [0, 0.1) is 0 Å². The minimum absolute atomic E-state index is 0.430. The molecule has 1 aromatic carbocycles. The minimum Gasteiger partial charge on any atom is -0.381 e. The molecule has 0 saturated heterocycles. The number of anilines is 1. The quantitative estimate of drug-likeness (QED) is 0.758. The number of thioether (sulfide) groups is 1. The number of nitrogens with zero attached hydrogens (tertiary/aromatic N) is 3. The van der Waals surface area contributed by atoms with Crippen LogP contribution in [0.4, 0.5) is 5.82 Å². The van der Waals surface area contributed by atoms with Gasteiger partial charge >= 0.3 is 0 Å². The van der Waals surface area contributed by atoms with Gasteiger partial charge in [0, 0.05) is 4.90 Å². The Morgan fingerprint density at radius 1 is 1.43 bits per heavy atom. The first-order valence-electron chi connectivity index (χ1n) is 4.12. The zero-order chi connectivity index (χ0) is 9.97. The summed E-state index contributed by atoms with van der Waals surface area (Å²) in [5.74, 6) is 0.430. The number of aromatic nitrogens is 3. The van der Waals surface area contributed by atoms with Crippen LogP contribution in [0.2, 0.25) is 0 Å². The van der Waals surface area contributed by atoms with Crippen molar-refractivity contribution < 1.29 is 0 Å². The summed E-state index contributed by atoms with van der Waals surface area (Å²) in [6.07, 6.45) is 3.73. The van der Waals surface area contributed by atoms with Crippen LogP contribution in [0.15, 0.2) is 35.4 Å². The van der Waals surface area contributed by atoms with Gasteiger partial charge in [0.25, 0.3) is 0 Å². The molecule has 2 rings (SSSR count). The van der Waals surface area contributed by atoms with E-state index < -0.39 is 0 Å². The summed E-state index contributed by atoms with van der Waals surface area (Å²) in [5.41, 5.74) is 6.46. The molecule has 2 N–H and O–H groups in total. The Hall–Kier alpha value is -1.49. The van der Waals surface area contributed by atoms with E-state index in [0.717, 1.165) is 5.69 Å². The Morgan fingerprint density at radius 3 is 2.93 bits per heavy atom. The second-order valence-electron chi connectivity index (χ2n) is 2.79. The maximum Gasteiger partial charge on any atom is 0.166 e. The summed E-state index contributed by atoms with van der Waals surface area (Å²) in [5, 5.41) is 7.63. The molecule has 0 spiro atoms. The first-order chi connectivity index (χ1) is 6.79. The molecule has 0 amide bonds.